The van der Waals surface area contributed by atoms with Gasteiger partial charge in [-0.1, -0.05) is 6.07 Å². The number of rotatable bonds is 4. The number of aliphatic hydroxyl groups is 1. The minimum absolute atomic E-state index is 0.119. The Morgan fingerprint density at radius 3 is 2.55 bits per heavy atom. The first-order valence-corrected chi connectivity index (χ1v) is 6.81. The summed E-state index contributed by atoms with van der Waals surface area (Å²) in [5.74, 6) is 1.24. The fourth-order valence-corrected chi connectivity index (χ4v) is 2.86. The third-order valence-electron chi connectivity index (χ3n) is 4.19. The molecule has 0 unspecified atom stereocenters. The van der Waals surface area contributed by atoms with Crippen LogP contribution in [0.3, 0.4) is 0 Å². The monoisotopic (exact) mass is 277 g/mol. The Bertz CT molecular complexity index is 533. The first-order chi connectivity index (χ1) is 9.59. The van der Waals surface area contributed by atoms with E-state index in [0.717, 1.165) is 12.8 Å². The molecule has 1 saturated heterocycles. The molecule has 0 bridgehead atoms. The van der Waals surface area contributed by atoms with Gasteiger partial charge in [0.2, 0.25) is 0 Å². The van der Waals surface area contributed by atoms with Crippen LogP contribution in [-0.4, -0.2) is 48.8 Å². The fourth-order valence-electron chi connectivity index (χ4n) is 2.86. The lowest BCUT2D eigenvalue weighted by Gasteiger charge is -2.47. The molecule has 1 aromatic carbocycles. The van der Waals surface area contributed by atoms with Gasteiger partial charge in [-0.25, -0.2) is 0 Å². The summed E-state index contributed by atoms with van der Waals surface area (Å²) in [5.41, 5.74) is -0.188. The third-order valence-corrected chi connectivity index (χ3v) is 4.19. The standard InChI is InChI=1S/C15H19NO4/c1-19-12-5-3-4-11(13(12)20-2)14(17)16-8-15(18,9-16)10-6-7-10/h3-5,10,18H,6-9H2,1-2H3. The van der Waals surface area contributed by atoms with Crippen molar-refractivity contribution in [2.75, 3.05) is 27.3 Å². The number of methoxy groups -OCH3 is 2. The summed E-state index contributed by atoms with van der Waals surface area (Å²) in [6, 6.07) is 5.24. The minimum atomic E-state index is -0.665. The highest BCUT2D eigenvalue weighted by molar-refractivity contribution is 5.98. The first kappa shape index (κ1) is 13.2. The maximum atomic E-state index is 12.5. The van der Waals surface area contributed by atoms with E-state index in [0.29, 0.717) is 36.1 Å². The highest BCUT2D eigenvalue weighted by Gasteiger charge is 2.53. The number of para-hydroxylation sites is 1. The molecule has 20 heavy (non-hydrogen) atoms. The van der Waals surface area contributed by atoms with E-state index in [1.54, 1.807) is 30.2 Å². The molecule has 1 aliphatic carbocycles. The van der Waals surface area contributed by atoms with Crippen LogP contribution in [0.15, 0.2) is 18.2 Å². The van der Waals surface area contributed by atoms with Crippen molar-refractivity contribution >= 4 is 5.91 Å². The van der Waals surface area contributed by atoms with Gasteiger partial charge < -0.3 is 19.5 Å². The predicted molar refractivity (Wildman–Crippen MR) is 73.1 cm³/mol. The molecule has 108 valence electrons. The van der Waals surface area contributed by atoms with Crippen LogP contribution in [0.25, 0.3) is 0 Å². The van der Waals surface area contributed by atoms with Gasteiger partial charge in [-0.15, -0.1) is 0 Å². The Kier molecular flexibility index (Phi) is 3.09. The summed E-state index contributed by atoms with van der Waals surface area (Å²) < 4.78 is 10.5. The molecule has 3 rings (SSSR count). The van der Waals surface area contributed by atoms with Gasteiger partial charge in [0.15, 0.2) is 11.5 Å². The van der Waals surface area contributed by atoms with Crippen molar-refractivity contribution in [1.29, 1.82) is 0 Å². The van der Waals surface area contributed by atoms with Crippen molar-refractivity contribution in [3.63, 3.8) is 0 Å². The zero-order valence-corrected chi connectivity index (χ0v) is 11.8. The summed E-state index contributed by atoms with van der Waals surface area (Å²) in [7, 11) is 3.06. The Morgan fingerprint density at radius 2 is 2.00 bits per heavy atom. The van der Waals surface area contributed by atoms with Crippen molar-refractivity contribution in [2.45, 2.75) is 18.4 Å². The number of carbonyl (C=O) groups excluding carboxylic acids is 1. The van der Waals surface area contributed by atoms with E-state index in [1.807, 2.05) is 0 Å². The number of carbonyl (C=O) groups is 1. The van der Waals surface area contributed by atoms with Crippen molar-refractivity contribution < 1.29 is 19.4 Å². The van der Waals surface area contributed by atoms with Crippen LogP contribution in [-0.2, 0) is 0 Å². The Morgan fingerprint density at radius 1 is 1.30 bits per heavy atom. The SMILES string of the molecule is COc1cccc(C(=O)N2CC(O)(C3CC3)C2)c1OC. The van der Waals surface area contributed by atoms with E-state index in [9.17, 15) is 9.90 Å². The number of amides is 1. The van der Waals surface area contributed by atoms with Gasteiger partial charge in [-0.2, -0.15) is 0 Å². The molecule has 1 aromatic rings. The van der Waals surface area contributed by atoms with Crippen LogP contribution in [0.2, 0.25) is 0 Å². The Balaban J connectivity index is 1.78. The zero-order chi connectivity index (χ0) is 14.3. The van der Waals surface area contributed by atoms with Crippen LogP contribution < -0.4 is 9.47 Å². The second-order valence-corrected chi connectivity index (χ2v) is 5.58. The van der Waals surface area contributed by atoms with Crippen molar-refractivity contribution in [2.24, 2.45) is 5.92 Å². The molecular weight excluding hydrogens is 258 g/mol. The van der Waals surface area contributed by atoms with Crippen LogP contribution in [0.1, 0.15) is 23.2 Å². The molecule has 1 aliphatic heterocycles. The number of benzene rings is 1. The number of nitrogens with zero attached hydrogens (tertiary/aromatic N) is 1. The van der Waals surface area contributed by atoms with E-state index in [1.165, 1.54) is 7.11 Å². The zero-order valence-electron chi connectivity index (χ0n) is 11.8. The maximum absolute atomic E-state index is 12.5. The second-order valence-electron chi connectivity index (χ2n) is 5.58. The van der Waals surface area contributed by atoms with E-state index in [-0.39, 0.29) is 5.91 Å². The summed E-state index contributed by atoms with van der Waals surface area (Å²) in [6.45, 7) is 0.827. The molecule has 0 spiro atoms. The lowest BCUT2D eigenvalue weighted by Crippen LogP contribution is -2.64. The molecule has 1 heterocycles. The number of hydrogen-bond acceptors (Lipinski definition) is 4. The molecule has 0 radical (unpaired) electrons. The molecule has 5 nitrogen and oxygen atoms in total. The average Bonchev–Trinajstić information content (AvgIpc) is 3.26. The van der Waals surface area contributed by atoms with Crippen molar-refractivity contribution in [1.82, 2.24) is 4.90 Å². The molecule has 1 amide bonds. The minimum Gasteiger partial charge on any atom is -0.493 e. The normalized spacial score (nSPS) is 20.2. The number of likely N-dealkylation sites (tertiary alicyclic amines) is 1. The first-order valence-electron chi connectivity index (χ1n) is 6.81. The predicted octanol–water partition coefficient (Wildman–Crippen LogP) is 1.30. The molecule has 1 saturated carbocycles. The van der Waals surface area contributed by atoms with Crippen LogP contribution in [0, 0.1) is 5.92 Å². The number of ether oxygens (including phenoxy) is 2. The Hall–Kier alpha value is -1.75. The molecule has 1 N–H and O–H groups in total. The highest BCUT2D eigenvalue weighted by atomic mass is 16.5. The van der Waals surface area contributed by atoms with Crippen LogP contribution in [0.5, 0.6) is 11.5 Å². The van der Waals surface area contributed by atoms with Gasteiger partial charge in [0, 0.05) is 0 Å². The molecule has 5 heteroatoms. The second kappa shape index (κ2) is 4.66. The Labute approximate surface area is 118 Å². The van der Waals surface area contributed by atoms with Crippen LogP contribution in [0.4, 0.5) is 0 Å². The maximum Gasteiger partial charge on any atom is 0.257 e. The van der Waals surface area contributed by atoms with E-state index < -0.39 is 5.60 Å². The summed E-state index contributed by atoms with van der Waals surface area (Å²) in [6.07, 6.45) is 2.14. The molecule has 2 fully saturated rings. The summed E-state index contributed by atoms with van der Waals surface area (Å²) >= 11 is 0. The smallest absolute Gasteiger partial charge is 0.257 e. The summed E-state index contributed by atoms with van der Waals surface area (Å²) in [5, 5.41) is 10.3. The number of hydrogen-bond donors (Lipinski definition) is 1. The summed E-state index contributed by atoms with van der Waals surface area (Å²) in [4.78, 5) is 14.1. The van der Waals surface area contributed by atoms with E-state index >= 15 is 0 Å². The van der Waals surface area contributed by atoms with Crippen molar-refractivity contribution in [3.05, 3.63) is 23.8 Å². The topological polar surface area (TPSA) is 59.0 Å². The van der Waals surface area contributed by atoms with Crippen LogP contribution >= 0.6 is 0 Å². The van der Waals surface area contributed by atoms with Gasteiger partial charge in [0.25, 0.3) is 5.91 Å². The highest BCUT2D eigenvalue weighted by Crippen LogP contribution is 2.45. The molecule has 0 atom stereocenters. The third kappa shape index (κ3) is 2.02. The molecule has 0 aromatic heterocycles. The molecule has 2 aliphatic rings. The molecular formula is C15H19NO4. The van der Waals surface area contributed by atoms with Gasteiger partial charge in [-0.05, 0) is 30.9 Å². The van der Waals surface area contributed by atoms with Gasteiger partial charge in [0.05, 0.1) is 32.9 Å². The van der Waals surface area contributed by atoms with Gasteiger partial charge in [-0.3, -0.25) is 4.79 Å². The number of β-amino-alcohol motifs (C(OH)–C–C–N with tert-alkyl or cyclic N) is 1. The largest absolute Gasteiger partial charge is 0.493 e. The van der Waals surface area contributed by atoms with E-state index in [4.69, 9.17) is 9.47 Å². The lowest BCUT2D eigenvalue weighted by atomic mass is 9.88. The van der Waals surface area contributed by atoms with Gasteiger partial charge >= 0.3 is 0 Å². The quantitative estimate of drug-likeness (QED) is 0.901. The average molecular weight is 277 g/mol. The van der Waals surface area contributed by atoms with Crippen molar-refractivity contribution in [3.8, 4) is 11.5 Å². The lowest BCUT2D eigenvalue weighted by molar-refractivity contribution is -0.0958. The fraction of sp³-hybridized carbons (Fsp3) is 0.533. The van der Waals surface area contributed by atoms with E-state index in [2.05, 4.69) is 0 Å². The van der Waals surface area contributed by atoms with Gasteiger partial charge in [0.1, 0.15) is 5.60 Å².